The van der Waals surface area contributed by atoms with Gasteiger partial charge < -0.3 is 0 Å². The molecule has 2 fully saturated rings. The molecule has 1 atom stereocenters. The van der Waals surface area contributed by atoms with E-state index < -0.39 is 0 Å². The van der Waals surface area contributed by atoms with Gasteiger partial charge in [-0.1, -0.05) is 81.3 Å². The maximum Gasteiger partial charge on any atom is -0.0162 e. The molecule has 0 radical (unpaired) electrons. The average molecular weight is 403 g/mol. The fourth-order valence-corrected chi connectivity index (χ4v) is 6.38. The molecule has 0 heteroatoms. The number of benzene rings is 2. The van der Waals surface area contributed by atoms with Gasteiger partial charge in [-0.05, 0) is 104 Å². The zero-order valence-corrected chi connectivity index (χ0v) is 19.4. The summed E-state index contributed by atoms with van der Waals surface area (Å²) in [5.74, 6) is 4.23. The van der Waals surface area contributed by atoms with Crippen LogP contribution in [0.2, 0.25) is 0 Å². The molecule has 0 nitrogen and oxygen atoms in total. The third-order valence-corrected chi connectivity index (χ3v) is 8.33. The quantitative estimate of drug-likeness (QED) is 0.433. The minimum atomic E-state index is 0.694. The maximum absolute atomic E-state index is 2.48. The highest BCUT2D eigenvalue weighted by Crippen LogP contribution is 2.41. The van der Waals surface area contributed by atoms with Crippen molar-refractivity contribution in [2.24, 2.45) is 11.8 Å². The molecule has 30 heavy (non-hydrogen) atoms. The molecular formula is C30H42. The summed E-state index contributed by atoms with van der Waals surface area (Å²) in [7, 11) is 0. The third-order valence-electron chi connectivity index (χ3n) is 8.33. The summed E-state index contributed by atoms with van der Waals surface area (Å²) in [4.78, 5) is 0. The van der Waals surface area contributed by atoms with Crippen molar-refractivity contribution in [1.29, 1.82) is 0 Å². The summed E-state index contributed by atoms with van der Waals surface area (Å²) < 4.78 is 0. The highest BCUT2D eigenvalue weighted by atomic mass is 14.3. The van der Waals surface area contributed by atoms with Crippen LogP contribution in [0.25, 0.3) is 0 Å². The minimum absolute atomic E-state index is 0.694. The van der Waals surface area contributed by atoms with E-state index in [0.717, 1.165) is 23.7 Å². The van der Waals surface area contributed by atoms with Gasteiger partial charge in [0.15, 0.2) is 0 Å². The van der Waals surface area contributed by atoms with Crippen LogP contribution in [0, 0.1) is 11.8 Å². The van der Waals surface area contributed by atoms with E-state index in [1.165, 1.54) is 76.2 Å². The molecule has 0 spiro atoms. The van der Waals surface area contributed by atoms with Gasteiger partial charge in [0.2, 0.25) is 0 Å². The van der Waals surface area contributed by atoms with Crippen LogP contribution < -0.4 is 0 Å². The molecule has 0 amide bonds. The lowest BCUT2D eigenvalue weighted by molar-refractivity contribution is 0.297. The van der Waals surface area contributed by atoms with Crippen LogP contribution in [0.4, 0.5) is 0 Å². The Hall–Kier alpha value is -1.56. The molecule has 2 aromatic carbocycles. The molecule has 0 aliphatic heterocycles. The smallest absolute Gasteiger partial charge is 0.0162 e. The summed E-state index contributed by atoms with van der Waals surface area (Å²) in [6.07, 6.45) is 15.5. The van der Waals surface area contributed by atoms with Crippen LogP contribution >= 0.6 is 0 Å². The predicted molar refractivity (Wildman–Crippen MR) is 130 cm³/mol. The molecule has 0 unspecified atom stereocenters. The van der Waals surface area contributed by atoms with Gasteiger partial charge in [-0.25, -0.2) is 0 Å². The molecule has 0 heterocycles. The van der Waals surface area contributed by atoms with Gasteiger partial charge in [0.25, 0.3) is 0 Å². The van der Waals surface area contributed by atoms with Crippen molar-refractivity contribution < 1.29 is 0 Å². The topological polar surface area (TPSA) is 0 Å². The van der Waals surface area contributed by atoms with Crippen molar-refractivity contribution in [2.45, 2.75) is 102 Å². The van der Waals surface area contributed by atoms with Crippen LogP contribution in [0.15, 0.2) is 54.6 Å². The zero-order valence-electron chi connectivity index (χ0n) is 19.4. The van der Waals surface area contributed by atoms with E-state index >= 15 is 0 Å². The Balaban J connectivity index is 1.25. The lowest BCUT2D eigenvalue weighted by Gasteiger charge is -2.31. The average Bonchev–Trinajstić information content (AvgIpc) is 2.81. The second-order valence-corrected chi connectivity index (χ2v) is 10.4. The standard InChI is InChI=1S/C30H42/c1-3-7-24-10-14-27(15-11-24)29-18-20-30(21-19-29)28-16-12-25(13-17-28)22-23(2)26-8-5-4-6-9-26/h4-6,8-9,18-21,23-25,27-28H,3,7,10-17,22H2,1-2H3/t23-,24?,25?,27?,28?/m1/s1. The normalized spacial score (nSPS) is 28.2. The van der Waals surface area contributed by atoms with Crippen molar-refractivity contribution in [3.63, 3.8) is 0 Å². The molecule has 2 aromatic rings. The van der Waals surface area contributed by atoms with Crippen LogP contribution in [0.3, 0.4) is 0 Å². The van der Waals surface area contributed by atoms with E-state index in [1.54, 1.807) is 11.1 Å². The highest BCUT2D eigenvalue weighted by Gasteiger charge is 2.25. The lowest BCUT2D eigenvalue weighted by Crippen LogP contribution is -2.16. The second kappa shape index (κ2) is 10.7. The maximum atomic E-state index is 2.48. The van der Waals surface area contributed by atoms with Crippen molar-refractivity contribution >= 4 is 0 Å². The molecule has 0 bridgehead atoms. The van der Waals surface area contributed by atoms with Crippen molar-refractivity contribution in [1.82, 2.24) is 0 Å². The van der Waals surface area contributed by atoms with Gasteiger partial charge >= 0.3 is 0 Å². The first-order valence-electron chi connectivity index (χ1n) is 12.9. The van der Waals surface area contributed by atoms with E-state index in [1.807, 2.05) is 0 Å². The van der Waals surface area contributed by atoms with Crippen LogP contribution in [0.5, 0.6) is 0 Å². The molecule has 0 N–H and O–H groups in total. The highest BCUT2D eigenvalue weighted by molar-refractivity contribution is 5.28. The summed E-state index contributed by atoms with van der Waals surface area (Å²) in [6, 6.07) is 21.0. The first-order chi connectivity index (χ1) is 14.7. The van der Waals surface area contributed by atoms with Crippen LogP contribution in [-0.4, -0.2) is 0 Å². The first-order valence-corrected chi connectivity index (χ1v) is 12.9. The van der Waals surface area contributed by atoms with Gasteiger partial charge in [0.05, 0.1) is 0 Å². The van der Waals surface area contributed by atoms with Gasteiger partial charge in [-0.3, -0.25) is 0 Å². The Morgan fingerprint density at radius 2 is 1.17 bits per heavy atom. The largest absolute Gasteiger partial charge is 0.0654 e. The van der Waals surface area contributed by atoms with Crippen LogP contribution in [0.1, 0.15) is 119 Å². The summed E-state index contributed by atoms with van der Waals surface area (Å²) in [6.45, 7) is 4.75. The van der Waals surface area contributed by atoms with Crippen LogP contribution in [-0.2, 0) is 0 Å². The zero-order chi connectivity index (χ0) is 20.8. The van der Waals surface area contributed by atoms with E-state index in [4.69, 9.17) is 0 Å². The number of hydrogen-bond donors (Lipinski definition) is 0. The second-order valence-electron chi connectivity index (χ2n) is 10.4. The fourth-order valence-electron chi connectivity index (χ4n) is 6.38. The van der Waals surface area contributed by atoms with Crippen molar-refractivity contribution in [3.8, 4) is 0 Å². The fraction of sp³-hybridized carbons (Fsp3) is 0.600. The molecule has 2 saturated carbocycles. The molecule has 0 saturated heterocycles. The Bertz CT molecular complexity index is 727. The van der Waals surface area contributed by atoms with Gasteiger partial charge in [-0.2, -0.15) is 0 Å². The SMILES string of the molecule is CCCC1CCC(c2ccc(C3CCC(C[C@@H](C)c4ccccc4)CC3)cc2)CC1. The molecule has 4 rings (SSSR count). The molecule has 0 aromatic heterocycles. The molecule has 2 aliphatic carbocycles. The Morgan fingerprint density at radius 1 is 0.667 bits per heavy atom. The monoisotopic (exact) mass is 402 g/mol. The van der Waals surface area contributed by atoms with E-state index in [9.17, 15) is 0 Å². The third kappa shape index (κ3) is 5.57. The lowest BCUT2D eigenvalue weighted by atomic mass is 9.74. The summed E-state index contributed by atoms with van der Waals surface area (Å²) in [5, 5.41) is 0. The molecule has 162 valence electrons. The number of rotatable bonds is 7. The first kappa shape index (κ1) is 21.7. The molecular weight excluding hydrogens is 360 g/mol. The summed E-state index contributed by atoms with van der Waals surface area (Å²) in [5.41, 5.74) is 4.73. The Labute approximate surface area is 185 Å². The molecule has 2 aliphatic rings. The summed E-state index contributed by atoms with van der Waals surface area (Å²) >= 11 is 0. The van der Waals surface area contributed by atoms with E-state index in [2.05, 4.69) is 68.4 Å². The van der Waals surface area contributed by atoms with Gasteiger partial charge in [-0.15, -0.1) is 0 Å². The van der Waals surface area contributed by atoms with E-state index in [0.29, 0.717) is 5.92 Å². The Kier molecular flexibility index (Phi) is 7.69. The predicted octanol–water partition coefficient (Wildman–Crippen LogP) is 9.23. The van der Waals surface area contributed by atoms with Gasteiger partial charge in [0.1, 0.15) is 0 Å². The van der Waals surface area contributed by atoms with Gasteiger partial charge in [0, 0.05) is 0 Å². The minimum Gasteiger partial charge on any atom is -0.0654 e. The number of hydrogen-bond acceptors (Lipinski definition) is 0. The van der Waals surface area contributed by atoms with Crippen molar-refractivity contribution in [2.75, 3.05) is 0 Å². The Morgan fingerprint density at radius 3 is 1.67 bits per heavy atom. The van der Waals surface area contributed by atoms with E-state index in [-0.39, 0.29) is 0 Å². The van der Waals surface area contributed by atoms with Crippen molar-refractivity contribution in [3.05, 3.63) is 71.3 Å².